The summed E-state index contributed by atoms with van der Waals surface area (Å²) in [6, 6.07) is 1.84. The Balaban J connectivity index is 0.000000131. The van der Waals surface area contributed by atoms with Gasteiger partial charge >= 0.3 is 6.03 Å². The maximum atomic E-state index is 12.8. The van der Waals surface area contributed by atoms with Gasteiger partial charge in [0, 0.05) is 5.69 Å². The van der Waals surface area contributed by atoms with Crippen LogP contribution in [0.15, 0.2) is 17.2 Å². The van der Waals surface area contributed by atoms with Crippen LogP contribution >= 0.6 is 11.9 Å². The molecule has 0 radical (unpaired) electrons. The van der Waals surface area contributed by atoms with Crippen molar-refractivity contribution in [2.24, 2.45) is 10.9 Å². The molecule has 1 aliphatic heterocycles. The molecule has 138 valence electrons. The number of carbonyl (C=O) groups excluding carboxylic acids is 1. The highest BCUT2D eigenvalue weighted by Crippen LogP contribution is 2.40. The number of benzene rings is 1. The number of nitrogens with one attached hydrogen (secondary N) is 1. The van der Waals surface area contributed by atoms with Gasteiger partial charge in [-0.3, -0.25) is 5.14 Å². The molecule has 0 saturated carbocycles. The summed E-state index contributed by atoms with van der Waals surface area (Å²) in [6.07, 6.45) is 5.08. The van der Waals surface area contributed by atoms with E-state index in [1.165, 1.54) is 26.9 Å². The van der Waals surface area contributed by atoms with Crippen LogP contribution in [0.5, 0.6) is 5.88 Å². The van der Waals surface area contributed by atoms with E-state index < -0.39 is 12.2 Å². The van der Waals surface area contributed by atoms with E-state index >= 15 is 0 Å². The molecule has 2 heterocycles. The number of anilines is 1. The predicted molar refractivity (Wildman–Crippen MR) is 97.1 cm³/mol. The molecule has 7 nitrogen and oxygen atoms in total. The average Bonchev–Trinajstić information content (AvgIpc) is 2.94. The van der Waals surface area contributed by atoms with E-state index in [1.807, 2.05) is 0 Å². The van der Waals surface area contributed by atoms with Gasteiger partial charge in [0.2, 0.25) is 5.88 Å². The van der Waals surface area contributed by atoms with Crippen molar-refractivity contribution in [3.63, 3.8) is 0 Å². The molecule has 26 heavy (non-hydrogen) atoms. The predicted octanol–water partition coefficient (Wildman–Crippen LogP) is 1.95. The SMILES string of the molecule is NC(=O)Nc1c2c(cc3c1CC3)CC2.NSc1cnn2c1OCC(F)C2. The van der Waals surface area contributed by atoms with Crippen molar-refractivity contribution < 1.29 is 13.9 Å². The van der Waals surface area contributed by atoms with Crippen molar-refractivity contribution in [2.45, 2.75) is 43.3 Å². The van der Waals surface area contributed by atoms with Gasteiger partial charge in [-0.1, -0.05) is 6.07 Å². The van der Waals surface area contributed by atoms with Gasteiger partial charge in [0.25, 0.3) is 0 Å². The highest BCUT2D eigenvalue weighted by molar-refractivity contribution is 7.97. The number of halogens is 1. The van der Waals surface area contributed by atoms with Gasteiger partial charge in [-0.05, 0) is 59.9 Å². The topological polar surface area (TPSA) is 108 Å². The van der Waals surface area contributed by atoms with Crippen LogP contribution in [0.25, 0.3) is 0 Å². The lowest BCUT2D eigenvalue weighted by atomic mass is 9.76. The van der Waals surface area contributed by atoms with Gasteiger partial charge < -0.3 is 15.8 Å². The molecule has 5 rings (SSSR count). The fourth-order valence-electron chi connectivity index (χ4n) is 3.47. The molecule has 5 N–H and O–H groups in total. The maximum Gasteiger partial charge on any atom is 0.316 e. The number of primary amides is 1. The third-order valence-corrected chi connectivity index (χ3v) is 5.46. The first-order valence-corrected chi connectivity index (χ1v) is 9.37. The molecule has 1 unspecified atom stereocenters. The third-order valence-electron chi connectivity index (χ3n) is 4.92. The number of amides is 2. The van der Waals surface area contributed by atoms with Crippen molar-refractivity contribution >= 4 is 23.7 Å². The molecule has 0 spiro atoms. The molecule has 2 aromatic rings. The van der Waals surface area contributed by atoms with Gasteiger partial charge in [-0.15, -0.1) is 0 Å². The highest BCUT2D eigenvalue weighted by atomic mass is 32.2. The van der Waals surface area contributed by atoms with Crippen LogP contribution in [-0.4, -0.2) is 28.6 Å². The van der Waals surface area contributed by atoms with Crippen molar-refractivity contribution in [2.75, 3.05) is 11.9 Å². The molecular formula is C17H20FN5O2S. The van der Waals surface area contributed by atoms with E-state index in [0.29, 0.717) is 5.88 Å². The van der Waals surface area contributed by atoms with E-state index in [0.717, 1.165) is 48.2 Å². The molecule has 0 bridgehead atoms. The number of rotatable bonds is 2. The summed E-state index contributed by atoms with van der Waals surface area (Å²) >= 11 is 1.06. The van der Waals surface area contributed by atoms with Crippen LogP contribution in [-0.2, 0) is 32.2 Å². The Morgan fingerprint density at radius 2 is 2.00 bits per heavy atom. The summed E-state index contributed by atoms with van der Waals surface area (Å²) in [4.78, 5) is 11.6. The molecule has 0 saturated heterocycles. The van der Waals surface area contributed by atoms with Gasteiger partial charge in [0.15, 0.2) is 6.17 Å². The van der Waals surface area contributed by atoms with E-state index in [2.05, 4.69) is 16.5 Å². The lowest BCUT2D eigenvalue weighted by Gasteiger charge is -2.31. The molecule has 2 aliphatic carbocycles. The Labute approximate surface area is 154 Å². The summed E-state index contributed by atoms with van der Waals surface area (Å²) in [5.41, 5.74) is 11.6. The molecule has 0 fully saturated rings. The minimum atomic E-state index is -0.965. The van der Waals surface area contributed by atoms with E-state index in [-0.39, 0.29) is 13.2 Å². The smallest absolute Gasteiger partial charge is 0.316 e. The second-order valence-electron chi connectivity index (χ2n) is 6.54. The van der Waals surface area contributed by atoms with E-state index in [4.69, 9.17) is 15.6 Å². The van der Waals surface area contributed by atoms with E-state index in [1.54, 1.807) is 6.20 Å². The van der Waals surface area contributed by atoms with Crippen LogP contribution in [0.1, 0.15) is 22.3 Å². The number of alkyl halides is 1. The summed E-state index contributed by atoms with van der Waals surface area (Å²) < 4.78 is 19.4. The van der Waals surface area contributed by atoms with Crippen LogP contribution in [0, 0.1) is 0 Å². The van der Waals surface area contributed by atoms with Gasteiger partial charge in [-0.2, -0.15) is 5.10 Å². The fraction of sp³-hybridized carbons (Fsp3) is 0.412. The first kappa shape index (κ1) is 17.2. The lowest BCUT2D eigenvalue weighted by molar-refractivity contribution is 0.122. The van der Waals surface area contributed by atoms with Crippen molar-refractivity contribution in [1.82, 2.24) is 9.78 Å². The zero-order chi connectivity index (χ0) is 18.3. The number of hydrogen-bond acceptors (Lipinski definition) is 5. The molecule has 2 amide bonds. The normalized spacial score (nSPS) is 18.6. The van der Waals surface area contributed by atoms with Gasteiger partial charge in [0.05, 0.1) is 12.7 Å². The highest BCUT2D eigenvalue weighted by Gasteiger charge is 2.27. The van der Waals surface area contributed by atoms with Crippen LogP contribution < -0.4 is 20.9 Å². The molecule has 9 heteroatoms. The number of aryl methyl sites for hydroxylation is 2. The molecule has 3 aliphatic rings. The van der Waals surface area contributed by atoms with Gasteiger partial charge in [-0.25, -0.2) is 13.9 Å². The number of hydrogen-bond donors (Lipinski definition) is 3. The summed E-state index contributed by atoms with van der Waals surface area (Å²) in [6.45, 7) is 0.356. The van der Waals surface area contributed by atoms with Crippen molar-refractivity contribution in [3.05, 3.63) is 34.5 Å². The van der Waals surface area contributed by atoms with Crippen molar-refractivity contribution in [1.29, 1.82) is 0 Å². The fourth-order valence-corrected chi connectivity index (χ4v) is 3.84. The number of aromatic nitrogens is 2. The standard InChI is InChI=1S/C11H12N2O.C6H8FN3OS/c12-11(14)13-10-8-3-1-6(8)5-7-2-4-9(7)10;7-4-2-10-6(11-3-4)5(12-8)1-9-10/h5H,1-4H2,(H3,12,13,14);1,4H,2-3,8H2. The Hall–Kier alpha value is -2.26. The number of urea groups is 1. The second kappa shape index (κ2) is 6.81. The quantitative estimate of drug-likeness (QED) is 0.693. The minimum absolute atomic E-state index is 0.0965. The van der Waals surface area contributed by atoms with Crippen molar-refractivity contribution in [3.8, 4) is 5.88 Å². The monoisotopic (exact) mass is 377 g/mol. The maximum absolute atomic E-state index is 12.8. The second-order valence-corrected chi connectivity index (χ2v) is 7.21. The molecule has 1 aromatic heterocycles. The Kier molecular flexibility index (Phi) is 4.49. The van der Waals surface area contributed by atoms with E-state index in [9.17, 15) is 9.18 Å². The Morgan fingerprint density at radius 1 is 1.31 bits per heavy atom. The third kappa shape index (κ3) is 3.01. The van der Waals surface area contributed by atoms with Crippen LogP contribution in [0.3, 0.4) is 0 Å². The summed E-state index contributed by atoms with van der Waals surface area (Å²) in [5, 5.41) is 12.0. The largest absolute Gasteiger partial charge is 0.474 e. The van der Waals surface area contributed by atoms with Crippen LogP contribution in [0.4, 0.5) is 14.9 Å². The molecule has 1 atom stereocenters. The molecular weight excluding hydrogens is 357 g/mol. The average molecular weight is 377 g/mol. The zero-order valence-electron chi connectivity index (χ0n) is 14.1. The number of nitrogens with two attached hydrogens (primary N) is 2. The summed E-state index contributed by atoms with van der Waals surface area (Å²) in [7, 11) is 0. The number of carbonyl (C=O) groups is 1. The minimum Gasteiger partial charge on any atom is -0.474 e. The zero-order valence-corrected chi connectivity index (χ0v) is 14.9. The lowest BCUT2D eigenvalue weighted by Crippen LogP contribution is -2.27. The van der Waals surface area contributed by atoms with Crippen LogP contribution in [0.2, 0.25) is 0 Å². The Morgan fingerprint density at radius 3 is 2.54 bits per heavy atom. The number of ether oxygens (including phenoxy) is 1. The molecule has 1 aromatic carbocycles. The summed E-state index contributed by atoms with van der Waals surface area (Å²) in [5.74, 6) is 0.580. The first-order valence-electron chi connectivity index (χ1n) is 8.49. The van der Waals surface area contributed by atoms with Gasteiger partial charge in [0.1, 0.15) is 11.5 Å². The first-order chi connectivity index (χ1) is 12.6. The number of fused-ring (bicyclic) bond motifs is 3. The number of nitrogens with zero attached hydrogens (tertiary/aromatic N) is 2. The Bertz CT molecular complexity index is 839.